The van der Waals surface area contributed by atoms with Crippen LogP contribution >= 0.6 is 0 Å². The number of rotatable bonds is 6. The molecule has 0 saturated carbocycles. The van der Waals surface area contributed by atoms with Gasteiger partial charge in [-0.05, 0) is 43.5 Å². The Hall–Kier alpha value is -1.85. The third-order valence-corrected chi connectivity index (χ3v) is 4.70. The molecule has 130 valence electrons. The van der Waals surface area contributed by atoms with Gasteiger partial charge in [0.25, 0.3) is 5.91 Å². The van der Waals surface area contributed by atoms with Crippen LogP contribution in [0.3, 0.4) is 0 Å². The van der Waals surface area contributed by atoms with Crippen LogP contribution < -0.4 is 5.32 Å². The first-order valence-corrected chi connectivity index (χ1v) is 8.82. The van der Waals surface area contributed by atoms with Gasteiger partial charge in [0.1, 0.15) is 0 Å². The number of piperidine rings is 1. The van der Waals surface area contributed by atoms with Gasteiger partial charge in [-0.2, -0.15) is 0 Å². The van der Waals surface area contributed by atoms with Crippen molar-refractivity contribution in [2.24, 2.45) is 0 Å². The van der Waals surface area contributed by atoms with Crippen LogP contribution in [0.15, 0.2) is 47.1 Å². The molecule has 1 saturated heterocycles. The summed E-state index contributed by atoms with van der Waals surface area (Å²) in [6, 6.07) is 3.65. The Bertz CT molecular complexity index is 579. The van der Waals surface area contributed by atoms with Crippen molar-refractivity contribution in [2.75, 3.05) is 39.3 Å². The van der Waals surface area contributed by atoms with E-state index in [-0.39, 0.29) is 11.9 Å². The molecule has 1 aromatic rings. The number of hydrogen-bond acceptors (Lipinski definition) is 4. The van der Waals surface area contributed by atoms with Gasteiger partial charge in [0.2, 0.25) is 0 Å². The van der Waals surface area contributed by atoms with Crippen LogP contribution in [-0.2, 0) is 0 Å². The molecule has 5 heteroatoms. The Morgan fingerprint density at radius 3 is 3.12 bits per heavy atom. The number of likely N-dealkylation sites (tertiary alicyclic amines) is 1. The maximum absolute atomic E-state index is 12.1. The fourth-order valence-electron chi connectivity index (χ4n) is 3.60. The zero-order valence-electron chi connectivity index (χ0n) is 14.2. The van der Waals surface area contributed by atoms with Gasteiger partial charge in [-0.25, -0.2) is 0 Å². The highest BCUT2D eigenvalue weighted by Crippen LogP contribution is 2.16. The smallest absolute Gasteiger partial charge is 0.287 e. The summed E-state index contributed by atoms with van der Waals surface area (Å²) in [6.45, 7) is 9.96. The van der Waals surface area contributed by atoms with E-state index < -0.39 is 0 Å². The van der Waals surface area contributed by atoms with E-state index in [4.69, 9.17) is 4.42 Å². The van der Waals surface area contributed by atoms with Gasteiger partial charge < -0.3 is 9.73 Å². The molecule has 5 nitrogen and oxygen atoms in total. The van der Waals surface area contributed by atoms with Gasteiger partial charge in [-0.3, -0.25) is 14.6 Å². The average molecular weight is 329 g/mol. The van der Waals surface area contributed by atoms with Gasteiger partial charge in [0.05, 0.1) is 6.26 Å². The lowest BCUT2D eigenvalue weighted by Gasteiger charge is -2.35. The van der Waals surface area contributed by atoms with Crippen molar-refractivity contribution < 1.29 is 9.21 Å². The van der Waals surface area contributed by atoms with Crippen LogP contribution in [0.25, 0.3) is 0 Å². The van der Waals surface area contributed by atoms with Crippen LogP contribution in [0, 0.1) is 0 Å². The van der Waals surface area contributed by atoms with Gasteiger partial charge in [-0.15, -0.1) is 6.58 Å². The Kier molecular flexibility index (Phi) is 5.88. The van der Waals surface area contributed by atoms with Crippen molar-refractivity contribution in [3.63, 3.8) is 0 Å². The fraction of sp³-hybridized carbons (Fsp3) is 0.526. The summed E-state index contributed by atoms with van der Waals surface area (Å²) in [5, 5.41) is 3.10. The third-order valence-electron chi connectivity index (χ3n) is 4.70. The zero-order chi connectivity index (χ0) is 16.8. The number of carbonyl (C=O) groups excluding carboxylic acids is 1. The van der Waals surface area contributed by atoms with E-state index in [0.717, 1.165) is 58.5 Å². The molecular formula is C19H27N3O2. The number of nitrogens with one attached hydrogen (secondary N) is 1. The van der Waals surface area contributed by atoms with E-state index in [2.05, 4.69) is 27.8 Å². The summed E-state index contributed by atoms with van der Waals surface area (Å²) < 4.78 is 5.17. The molecule has 1 fully saturated rings. The van der Waals surface area contributed by atoms with Crippen LogP contribution in [-0.4, -0.2) is 61.0 Å². The first-order chi connectivity index (χ1) is 11.7. The number of carbonyl (C=O) groups is 1. The number of amides is 1. The van der Waals surface area contributed by atoms with Crippen LogP contribution in [0.1, 0.15) is 29.8 Å². The predicted octanol–water partition coefficient (Wildman–Crippen LogP) is 2.29. The molecule has 0 aliphatic carbocycles. The molecule has 2 aliphatic rings. The maximum atomic E-state index is 12.1. The topological polar surface area (TPSA) is 48.7 Å². The van der Waals surface area contributed by atoms with E-state index in [1.54, 1.807) is 12.1 Å². The lowest BCUT2D eigenvalue weighted by molar-refractivity contribution is 0.0878. The zero-order valence-corrected chi connectivity index (χ0v) is 14.2. The summed E-state index contributed by atoms with van der Waals surface area (Å²) in [7, 11) is 0. The standard InChI is InChI=1S/C19H27N3O2/c1-2-9-21-10-3-6-16(13-21)14-22-11-4-7-17(15-22)20-19(23)18-8-5-12-24-18/h2,5-6,8,12,17H,1,3-4,7,9-11,13-15H2,(H,20,23)/t17-/m0/s1. The molecule has 24 heavy (non-hydrogen) atoms. The van der Waals surface area contributed by atoms with E-state index in [9.17, 15) is 4.79 Å². The normalized spacial score (nSPS) is 22.8. The quantitative estimate of drug-likeness (QED) is 0.814. The van der Waals surface area contributed by atoms with Gasteiger partial charge in [0.15, 0.2) is 5.76 Å². The Morgan fingerprint density at radius 2 is 2.33 bits per heavy atom. The molecular weight excluding hydrogens is 302 g/mol. The Balaban J connectivity index is 1.49. The highest BCUT2D eigenvalue weighted by molar-refractivity contribution is 5.91. The largest absolute Gasteiger partial charge is 0.459 e. The summed E-state index contributed by atoms with van der Waals surface area (Å²) in [6.07, 6.45) is 9.16. The highest BCUT2D eigenvalue weighted by Gasteiger charge is 2.24. The van der Waals surface area contributed by atoms with Crippen molar-refractivity contribution in [3.8, 4) is 0 Å². The molecule has 3 rings (SSSR count). The number of nitrogens with zero attached hydrogens (tertiary/aromatic N) is 2. The third kappa shape index (κ3) is 4.58. The van der Waals surface area contributed by atoms with Crippen molar-refractivity contribution >= 4 is 5.91 Å². The molecule has 1 aromatic heterocycles. The maximum Gasteiger partial charge on any atom is 0.287 e. The number of hydrogen-bond donors (Lipinski definition) is 1. The minimum absolute atomic E-state index is 0.110. The summed E-state index contributed by atoms with van der Waals surface area (Å²) in [5.41, 5.74) is 1.49. The van der Waals surface area contributed by atoms with E-state index in [1.165, 1.54) is 11.8 Å². The van der Waals surface area contributed by atoms with E-state index >= 15 is 0 Å². The fourth-order valence-corrected chi connectivity index (χ4v) is 3.60. The molecule has 1 atom stereocenters. The Labute approximate surface area is 144 Å². The van der Waals surface area contributed by atoms with Crippen LogP contribution in [0.2, 0.25) is 0 Å². The van der Waals surface area contributed by atoms with E-state index in [1.807, 2.05) is 6.08 Å². The van der Waals surface area contributed by atoms with Crippen LogP contribution in [0.5, 0.6) is 0 Å². The summed E-state index contributed by atoms with van der Waals surface area (Å²) in [5.74, 6) is 0.281. The van der Waals surface area contributed by atoms with Gasteiger partial charge in [0, 0.05) is 38.8 Å². The Morgan fingerprint density at radius 1 is 1.42 bits per heavy atom. The van der Waals surface area contributed by atoms with Crippen molar-refractivity contribution in [2.45, 2.75) is 25.3 Å². The molecule has 3 heterocycles. The van der Waals surface area contributed by atoms with E-state index in [0.29, 0.717) is 5.76 Å². The molecule has 0 spiro atoms. The highest BCUT2D eigenvalue weighted by atomic mass is 16.3. The van der Waals surface area contributed by atoms with Crippen molar-refractivity contribution in [3.05, 3.63) is 48.5 Å². The second kappa shape index (κ2) is 8.31. The van der Waals surface area contributed by atoms with Crippen molar-refractivity contribution in [1.82, 2.24) is 15.1 Å². The predicted molar refractivity (Wildman–Crippen MR) is 95.0 cm³/mol. The van der Waals surface area contributed by atoms with Crippen LogP contribution in [0.4, 0.5) is 0 Å². The van der Waals surface area contributed by atoms with Crippen molar-refractivity contribution in [1.29, 1.82) is 0 Å². The summed E-state index contributed by atoms with van der Waals surface area (Å²) >= 11 is 0. The van der Waals surface area contributed by atoms with Gasteiger partial charge in [-0.1, -0.05) is 12.2 Å². The number of furan rings is 1. The monoisotopic (exact) mass is 329 g/mol. The molecule has 2 aliphatic heterocycles. The molecule has 0 unspecified atom stereocenters. The molecule has 0 bridgehead atoms. The second-order valence-electron chi connectivity index (χ2n) is 6.70. The lowest BCUT2D eigenvalue weighted by Crippen LogP contribution is -2.48. The molecule has 0 radical (unpaired) electrons. The van der Waals surface area contributed by atoms with Gasteiger partial charge >= 0.3 is 0 Å². The first-order valence-electron chi connectivity index (χ1n) is 8.82. The first kappa shape index (κ1) is 17.0. The minimum Gasteiger partial charge on any atom is -0.459 e. The molecule has 1 amide bonds. The molecule has 0 aromatic carbocycles. The average Bonchev–Trinajstić information content (AvgIpc) is 3.10. The lowest BCUT2D eigenvalue weighted by atomic mass is 10.0. The second-order valence-corrected chi connectivity index (χ2v) is 6.70. The minimum atomic E-state index is -0.110. The SMILES string of the molecule is C=CCN1CCC=C(CN2CCC[C@H](NC(=O)c3ccco3)C2)C1. The molecule has 1 N–H and O–H groups in total. The summed E-state index contributed by atoms with van der Waals surface area (Å²) in [4.78, 5) is 17.0.